The smallest absolute Gasteiger partial charge is 0.121 e. The molecule has 0 N–H and O–H groups in total. The zero-order chi connectivity index (χ0) is 21.6. The number of imidazole rings is 1. The van der Waals surface area contributed by atoms with Gasteiger partial charge in [0.1, 0.15) is 5.54 Å². The fraction of sp³-hybridized carbons (Fsp3) is 0.0345. The van der Waals surface area contributed by atoms with E-state index < -0.39 is 5.54 Å². The lowest BCUT2D eigenvalue weighted by Crippen LogP contribution is -2.36. The molecule has 0 amide bonds. The van der Waals surface area contributed by atoms with Crippen molar-refractivity contribution in [1.29, 1.82) is 0 Å². The number of benzene rings is 3. The van der Waals surface area contributed by atoms with Crippen LogP contribution in [-0.4, -0.2) is 14.5 Å². The lowest BCUT2D eigenvalue weighted by atomic mass is 9.77. The molecule has 2 heterocycles. The van der Waals surface area contributed by atoms with Crippen LogP contribution in [0.4, 0.5) is 0 Å². The summed E-state index contributed by atoms with van der Waals surface area (Å²) in [5, 5.41) is 0. The van der Waals surface area contributed by atoms with Crippen molar-refractivity contribution in [3.05, 3.63) is 156 Å². The maximum Gasteiger partial charge on any atom is 0.121 e. The van der Waals surface area contributed by atoms with E-state index in [0.29, 0.717) is 0 Å². The van der Waals surface area contributed by atoms with E-state index in [4.69, 9.17) is 4.98 Å². The van der Waals surface area contributed by atoms with E-state index in [2.05, 4.69) is 107 Å². The van der Waals surface area contributed by atoms with Gasteiger partial charge in [0.15, 0.2) is 0 Å². The first kappa shape index (κ1) is 19.7. The van der Waals surface area contributed by atoms with Gasteiger partial charge in [-0.2, -0.15) is 0 Å². The van der Waals surface area contributed by atoms with E-state index in [9.17, 15) is 0 Å². The summed E-state index contributed by atoms with van der Waals surface area (Å²) in [6.07, 6.45) is 11.7. The number of pyridine rings is 1. The molecule has 154 valence electrons. The van der Waals surface area contributed by atoms with Crippen LogP contribution in [-0.2, 0) is 5.54 Å². The van der Waals surface area contributed by atoms with Crippen molar-refractivity contribution in [2.24, 2.45) is 0 Å². The minimum Gasteiger partial charge on any atom is -0.318 e. The third-order valence-corrected chi connectivity index (χ3v) is 5.70. The molecule has 0 fully saturated rings. The minimum atomic E-state index is -0.544. The molecule has 5 aromatic rings. The molecule has 0 aliphatic rings. The molecule has 0 bridgehead atoms. The van der Waals surface area contributed by atoms with Crippen molar-refractivity contribution in [2.45, 2.75) is 5.54 Å². The predicted molar refractivity (Wildman–Crippen MR) is 130 cm³/mol. The minimum absolute atomic E-state index is 0.544. The molecule has 0 radical (unpaired) electrons. The second-order valence-corrected chi connectivity index (χ2v) is 7.63. The lowest BCUT2D eigenvalue weighted by Gasteiger charge is -2.37. The highest BCUT2D eigenvalue weighted by Gasteiger charge is 2.38. The predicted octanol–water partition coefficient (Wildman–Crippen LogP) is 6.29. The highest BCUT2D eigenvalue weighted by molar-refractivity contribution is 5.67. The Labute approximate surface area is 188 Å². The summed E-state index contributed by atoms with van der Waals surface area (Å²) in [4.78, 5) is 8.91. The molecule has 0 atom stereocenters. The average Bonchev–Trinajstić information content (AvgIpc) is 3.35. The van der Waals surface area contributed by atoms with Crippen molar-refractivity contribution in [2.75, 3.05) is 0 Å². The first-order valence-electron chi connectivity index (χ1n) is 10.7. The first-order chi connectivity index (χ1) is 15.9. The van der Waals surface area contributed by atoms with Crippen molar-refractivity contribution in [1.82, 2.24) is 14.5 Å². The van der Waals surface area contributed by atoms with Crippen molar-refractivity contribution in [3.8, 4) is 0 Å². The summed E-state index contributed by atoms with van der Waals surface area (Å²) in [6, 6.07) is 35.8. The van der Waals surface area contributed by atoms with Crippen LogP contribution in [0.25, 0.3) is 12.2 Å². The van der Waals surface area contributed by atoms with Gasteiger partial charge in [0.05, 0.1) is 12.0 Å². The molecular weight excluding hydrogens is 390 g/mol. The fourth-order valence-electron chi connectivity index (χ4n) is 4.25. The standard InChI is InChI=1S/C29H23N3/c1-4-12-25(13-5-1)29(26-14-6-2-7-15-26,27-16-8-3-9-17-27)32-22-28(31-23-32)19-18-24-11-10-20-30-21-24/h1-23H/b19-18+. The second-order valence-electron chi connectivity index (χ2n) is 7.63. The Morgan fingerprint density at radius 3 is 1.69 bits per heavy atom. The van der Waals surface area contributed by atoms with Crippen molar-refractivity contribution >= 4 is 12.2 Å². The Morgan fingerprint density at radius 1 is 0.625 bits per heavy atom. The van der Waals surface area contributed by atoms with Crippen LogP contribution >= 0.6 is 0 Å². The van der Waals surface area contributed by atoms with Gasteiger partial charge in [-0.1, -0.05) is 103 Å². The maximum atomic E-state index is 4.73. The summed E-state index contributed by atoms with van der Waals surface area (Å²) in [7, 11) is 0. The number of nitrogens with zero attached hydrogens (tertiary/aromatic N) is 3. The number of rotatable bonds is 6. The molecule has 0 aliphatic carbocycles. The number of hydrogen-bond acceptors (Lipinski definition) is 2. The Hall–Kier alpha value is -4.24. The highest BCUT2D eigenvalue weighted by atomic mass is 15.1. The monoisotopic (exact) mass is 413 g/mol. The normalized spacial score (nSPS) is 11.6. The molecule has 0 spiro atoms. The zero-order valence-electron chi connectivity index (χ0n) is 17.6. The van der Waals surface area contributed by atoms with Gasteiger partial charge in [0.25, 0.3) is 0 Å². The van der Waals surface area contributed by atoms with Gasteiger partial charge >= 0.3 is 0 Å². The van der Waals surface area contributed by atoms with Crippen molar-refractivity contribution in [3.63, 3.8) is 0 Å². The molecule has 3 heteroatoms. The van der Waals surface area contributed by atoms with E-state index in [1.54, 1.807) is 6.20 Å². The van der Waals surface area contributed by atoms with Gasteiger partial charge in [0.2, 0.25) is 0 Å². The van der Waals surface area contributed by atoms with Crippen LogP contribution in [0.1, 0.15) is 27.9 Å². The molecule has 32 heavy (non-hydrogen) atoms. The van der Waals surface area contributed by atoms with Gasteiger partial charge < -0.3 is 4.57 Å². The molecule has 2 aromatic heterocycles. The van der Waals surface area contributed by atoms with Gasteiger partial charge in [-0.25, -0.2) is 4.98 Å². The van der Waals surface area contributed by atoms with Gasteiger partial charge in [-0.05, 0) is 34.4 Å². The lowest BCUT2D eigenvalue weighted by molar-refractivity contribution is 0.514. The number of aromatic nitrogens is 3. The third-order valence-electron chi connectivity index (χ3n) is 5.70. The summed E-state index contributed by atoms with van der Waals surface area (Å²) < 4.78 is 2.22. The fourth-order valence-corrected chi connectivity index (χ4v) is 4.25. The van der Waals surface area contributed by atoms with Crippen LogP contribution in [0, 0.1) is 0 Å². The van der Waals surface area contributed by atoms with E-state index in [-0.39, 0.29) is 0 Å². The molecule has 0 saturated heterocycles. The third kappa shape index (κ3) is 3.65. The van der Waals surface area contributed by atoms with Crippen LogP contribution < -0.4 is 0 Å². The van der Waals surface area contributed by atoms with Crippen LogP contribution in [0.3, 0.4) is 0 Å². The van der Waals surface area contributed by atoms with Crippen LogP contribution in [0.2, 0.25) is 0 Å². The summed E-state index contributed by atoms with van der Waals surface area (Å²) in [5.41, 5.74) is 4.92. The molecule has 0 aliphatic heterocycles. The highest BCUT2D eigenvalue weighted by Crippen LogP contribution is 2.40. The second kappa shape index (κ2) is 8.86. The molecule has 0 unspecified atom stereocenters. The van der Waals surface area contributed by atoms with Gasteiger partial charge in [-0.3, -0.25) is 4.98 Å². The van der Waals surface area contributed by atoms with Gasteiger partial charge in [-0.15, -0.1) is 0 Å². The Kier molecular flexibility index (Phi) is 5.46. The molecule has 0 saturated carbocycles. The summed E-state index contributed by atoms with van der Waals surface area (Å²) in [5.74, 6) is 0. The van der Waals surface area contributed by atoms with Crippen molar-refractivity contribution < 1.29 is 0 Å². The van der Waals surface area contributed by atoms with Gasteiger partial charge in [0, 0.05) is 18.6 Å². The summed E-state index contributed by atoms with van der Waals surface area (Å²) in [6.45, 7) is 0. The van der Waals surface area contributed by atoms with E-state index in [0.717, 1.165) is 11.3 Å². The van der Waals surface area contributed by atoms with Crippen LogP contribution in [0.15, 0.2) is 128 Å². The summed E-state index contributed by atoms with van der Waals surface area (Å²) >= 11 is 0. The Morgan fingerprint density at radius 2 is 1.19 bits per heavy atom. The SMILES string of the molecule is C(=C\c1cn(C(c2ccccc2)(c2ccccc2)c2ccccc2)cn1)/c1cccnc1. The average molecular weight is 414 g/mol. The quantitative estimate of drug-likeness (QED) is 0.306. The maximum absolute atomic E-state index is 4.73. The Balaban J connectivity index is 1.71. The first-order valence-corrected chi connectivity index (χ1v) is 10.7. The Bertz CT molecular complexity index is 1200. The number of hydrogen-bond donors (Lipinski definition) is 0. The van der Waals surface area contributed by atoms with E-state index in [1.807, 2.05) is 36.8 Å². The topological polar surface area (TPSA) is 30.7 Å². The van der Waals surface area contributed by atoms with Crippen LogP contribution in [0.5, 0.6) is 0 Å². The molecule has 3 aromatic carbocycles. The van der Waals surface area contributed by atoms with E-state index >= 15 is 0 Å². The zero-order valence-corrected chi connectivity index (χ0v) is 17.6. The molecular formula is C29H23N3. The molecule has 3 nitrogen and oxygen atoms in total. The van der Waals surface area contributed by atoms with E-state index in [1.165, 1.54) is 16.7 Å². The largest absolute Gasteiger partial charge is 0.318 e. The molecule has 5 rings (SSSR count).